The van der Waals surface area contributed by atoms with Crippen LogP contribution < -0.4 is 4.90 Å². The molecule has 0 unspecified atom stereocenters. The van der Waals surface area contributed by atoms with Gasteiger partial charge < -0.3 is 19.0 Å². The molecular weight excluding hydrogens is 368 g/mol. The van der Waals surface area contributed by atoms with E-state index in [1.807, 2.05) is 24.0 Å². The highest BCUT2D eigenvalue weighted by molar-refractivity contribution is 5.77. The molecule has 1 atom stereocenters. The van der Waals surface area contributed by atoms with Gasteiger partial charge in [-0.2, -0.15) is 5.26 Å². The first-order valence-corrected chi connectivity index (χ1v) is 9.97. The van der Waals surface area contributed by atoms with Crippen LogP contribution in [0.5, 0.6) is 0 Å². The quantitative estimate of drug-likeness (QED) is 0.744. The summed E-state index contributed by atoms with van der Waals surface area (Å²) in [5.41, 5.74) is 3.32. The van der Waals surface area contributed by atoms with Crippen molar-refractivity contribution in [2.45, 2.75) is 39.2 Å². The Balaban J connectivity index is 1.89. The molecule has 2 aromatic heterocycles. The lowest BCUT2D eigenvalue weighted by Gasteiger charge is -2.41. The first-order valence-electron chi connectivity index (χ1n) is 9.97. The van der Waals surface area contributed by atoms with Crippen molar-refractivity contribution in [3.63, 3.8) is 0 Å². The average molecular weight is 396 g/mol. The molecule has 3 rings (SSSR count). The zero-order valence-electron chi connectivity index (χ0n) is 17.5. The summed E-state index contributed by atoms with van der Waals surface area (Å²) in [5, 5.41) is 9.79. The number of aromatic nitrogens is 1. The van der Waals surface area contributed by atoms with Gasteiger partial charge in [0.15, 0.2) is 0 Å². The Morgan fingerprint density at radius 2 is 2.24 bits per heavy atom. The summed E-state index contributed by atoms with van der Waals surface area (Å²) in [7, 11) is 1.60. The second-order valence-electron chi connectivity index (χ2n) is 7.70. The summed E-state index contributed by atoms with van der Waals surface area (Å²) in [6.07, 6.45) is 3.69. The minimum Gasteiger partial charge on any atom is -0.472 e. The van der Waals surface area contributed by atoms with Gasteiger partial charge in [-0.15, -0.1) is 0 Å². The number of hydrogen-bond donors (Lipinski definition) is 0. The number of carbonyl (C=O) groups is 1. The van der Waals surface area contributed by atoms with Crippen LogP contribution in [-0.2, 0) is 9.53 Å². The Hall–Kier alpha value is -2.85. The molecule has 1 fully saturated rings. The molecule has 0 N–H and O–H groups in total. The zero-order valence-corrected chi connectivity index (χ0v) is 17.5. The van der Waals surface area contributed by atoms with Gasteiger partial charge in [0, 0.05) is 43.9 Å². The largest absolute Gasteiger partial charge is 0.472 e. The smallest absolute Gasteiger partial charge is 0.225 e. The number of hydrogen-bond acceptors (Lipinski definition) is 6. The molecule has 7 nitrogen and oxygen atoms in total. The van der Waals surface area contributed by atoms with Crippen LogP contribution in [0.15, 0.2) is 29.1 Å². The maximum absolute atomic E-state index is 12.4. The number of carbonyl (C=O) groups excluding carboxylic acids is 1. The van der Waals surface area contributed by atoms with Crippen molar-refractivity contribution < 1.29 is 13.9 Å². The van der Waals surface area contributed by atoms with Crippen LogP contribution >= 0.6 is 0 Å². The monoisotopic (exact) mass is 396 g/mol. The lowest BCUT2D eigenvalue weighted by atomic mass is 9.97. The first-order chi connectivity index (χ1) is 14.0. The highest BCUT2D eigenvalue weighted by atomic mass is 16.5. The van der Waals surface area contributed by atoms with Gasteiger partial charge in [-0.05, 0) is 25.0 Å². The van der Waals surface area contributed by atoms with Crippen LogP contribution in [0.1, 0.15) is 44.4 Å². The molecule has 0 aromatic carbocycles. The van der Waals surface area contributed by atoms with Gasteiger partial charge in [0.05, 0.1) is 36.8 Å². The SMILES string of the molecule is COCCC(=O)N1CCN(c2nc(C(C)C)c(-c3ccoc3)cc2C#N)C[C@H]1C. The van der Waals surface area contributed by atoms with Crippen molar-refractivity contribution in [2.24, 2.45) is 0 Å². The predicted octanol–water partition coefficient (Wildman–Crippen LogP) is 3.41. The Bertz CT molecular complexity index is 886. The zero-order chi connectivity index (χ0) is 21.0. The fourth-order valence-corrected chi connectivity index (χ4v) is 3.78. The molecule has 1 aliphatic rings. The molecule has 0 radical (unpaired) electrons. The number of methoxy groups -OCH3 is 1. The van der Waals surface area contributed by atoms with Crippen LogP contribution in [0.2, 0.25) is 0 Å². The molecule has 154 valence electrons. The molecule has 7 heteroatoms. The Labute approximate surface area is 171 Å². The van der Waals surface area contributed by atoms with Gasteiger partial charge in [-0.1, -0.05) is 13.8 Å². The summed E-state index contributed by atoms with van der Waals surface area (Å²) in [5.74, 6) is 0.991. The van der Waals surface area contributed by atoms with E-state index in [9.17, 15) is 10.1 Å². The van der Waals surface area contributed by atoms with Gasteiger partial charge in [-0.3, -0.25) is 4.79 Å². The molecule has 29 heavy (non-hydrogen) atoms. The van der Waals surface area contributed by atoms with E-state index >= 15 is 0 Å². The summed E-state index contributed by atoms with van der Waals surface area (Å²) < 4.78 is 10.3. The Morgan fingerprint density at radius 1 is 1.45 bits per heavy atom. The molecule has 3 heterocycles. The minimum atomic E-state index is 0.0394. The maximum Gasteiger partial charge on any atom is 0.225 e. The summed E-state index contributed by atoms with van der Waals surface area (Å²) in [6, 6.07) is 6.14. The van der Waals surface area contributed by atoms with E-state index < -0.39 is 0 Å². The predicted molar refractivity (Wildman–Crippen MR) is 111 cm³/mol. The van der Waals surface area contributed by atoms with E-state index in [-0.39, 0.29) is 17.9 Å². The second-order valence-corrected chi connectivity index (χ2v) is 7.70. The summed E-state index contributed by atoms with van der Waals surface area (Å²) in [4.78, 5) is 21.3. The van der Waals surface area contributed by atoms with Crippen molar-refractivity contribution in [3.8, 4) is 17.2 Å². The first kappa shape index (κ1) is 20.9. The molecule has 0 spiro atoms. The van der Waals surface area contributed by atoms with E-state index in [1.165, 1.54) is 0 Å². The summed E-state index contributed by atoms with van der Waals surface area (Å²) in [6.45, 7) is 8.55. The molecule has 1 amide bonds. The molecule has 0 aliphatic carbocycles. The lowest BCUT2D eigenvalue weighted by Crippen LogP contribution is -2.54. The molecule has 0 bridgehead atoms. The van der Waals surface area contributed by atoms with E-state index in [2.05, 4.69) is 24.8 Å². The minimum absolute atomic E-state index is 0.0394. The van der Waals surface area contributed by atoms with Crippen molar-refractivity contribution in [2.75, 3.05) is 38.3 Å². The van der Waals surface area contributed by atoms with Gasteiger partial charge in [0.1, 0.15) is 11.9 Å². The fourth-order valence-electron chi connectivity index (χ4n) is 3.78. The van der Waals surface area contributed by atoms with Crippen molar-refractivity contribution >= 4 is 11.7 Å². The topological polar surface area (TPSA) is 82.6 Å². The fraction of sp³-hybridized carbons (Fsp3) is 0.500. The molecule has 1 saturated heterocycles. The van der Waals surface area contributed by atoms with Crippen LogP contribution in [0.3, 0.4) is 0 Å². The highest BCUT2D eigenvalue weighted by Crippen LogP contribution is 2.33. The summed E-state index contributed by atoms with van der Waals surface area (Å²) >= 11 is 0. The van der Waals surface area contributed by atoms with E-state index in [1.54, 1.807) is 19.6 Å². The van der Waals surface area contributed by atoms with E-state index in [0.717, 1.165) is 16.8 Å². The van der Waals surface area contributed by atoms with Gasteiger partial charge in [0.25, 0.3) is 0 Å². The van der Waals surface area contributed by atoms with Crippen molar-refractivity contribution in [1.82, 2.24) is 9.88 Å². The third-order valence-corrected chi connectivity index (χ3v) is 5.30. The van der Waals surface area contributed by atoms with E-state index in [4.69, 9.17) is 14.1 Å². The van der Waals surface area contributed by atoms with Crippen molar-refractivity contribution in [1.29, 1.82) is 5.26 Å². The number of nitrogens with zero attached hydrogens (tertiary/aromatic N) is 4. The van der Waals surface area contributed by atoms with Crippen molar-refractivity contribution in [3.05, 3.63) is 35.9 Å². The van der Waals surface area contributed by atoms with Crippen LogP contribution in [0, 0.1) is 11.3 Å². The number of amides is 1. The molecular formula is C22H28N4O3. The number of piperazine rings is 1. The number of furan rings is 1. The molecule has 1 aliphatic heterocycles. The molecule has 0 saturated carbocycles. The number of ether oxygens (including phenoxy) is 1. The number of anilines is 1. The third-order valence-electron chi connectivity index (χ3n) is 5.30. The Morgan fingerprint density at radius 3 is 2.83 bits per heavy atom. The number of nitriles is 1. The average Bonchev–Trinajstić information content (AvgIpc) is 3.25. The number of rotatable bonds is 6. The Kier molecular flexibility index (Phi) is 6.55. The third kappa shape index (κ3) is 4.43. The van der Waals surface area contributed by atoms with Crippen LogP contribution in [0.25, 0.3) is 11.1 Å². The molecule has 2 aromatic rings. The maximum atomic E-state index is 12.4. The van der Waals surface area contributed by atoms with Gasteiger partial charge in [-0.25, -0.2) is 4.98 Å². The standard InChI is InChI=1S/C22H28N4O3/c1-15(2)21-19(17-5-10-29-14-17)11-18(12-23)22(24-21)25-7-8-26(16(3)13-25)20(27)6-9-28-4/h5,10-11,14-16H,6-9,13H2,1-4H3/t16-/m1/s1. The second kappa shape index (κ2) is 9.10. The van der Waals surface area contributed by atoms with Gasteiger partial charge >= 0.3 is 0 Å². The number of pyridine rings is 1. The van der Waals surface area contributed by atoms with Crippen LogP contribution in [-0.4, -0.2) is 55.2 Å². The lowest BCUT2D eigenvalue weighted by molar-refractivity contribution is -0.134. The highest BCUT2D eigenvalue weighted by Gasteiger charge is 2.29. The van der Waals surface area contributed by atoms with E-state index in [0.29, 0.717) is 44.0 Å². The van der Waals surface area contributed by atoms with Crippen LogP contribution in [0.4, 0.5) is 5.82 Å². The normalized spacial score (nSPS) is 16.9. The van der Waals surface area contributed by atoms with Gasteiger partial charge in [0.2, 0.25) is 5.91 Å².